The number of carboxylic acids is 1. The average Bonchev–Trinajstić information content (AvgIpc) is 3.29. The van der Waals surface area contributed by atoms with E-state index in [1.54, 1.807) is 12.1 Å². The van der Waals surface area contributed by atoms with Crippen LogP contribution >= 0.6 is 0 Å². The molecule has 0 fully saturated rings. The van der Waals surface area contributed by atoms with Gasteiger partial charge in [-0.25, -0.2) is 16.9 Å². The summed E-state index contributed by atoms with van der Waals surface area (Å²) in [4.78, 5) is 15.8. The number of carbonyl (C=O) groups is 1. The van der Waals surface area contributed by atoms with Crippen LogP contribution in [-0.4, -0.2) is 16.1 Å². The van der Waals surface area contributed by atoms with E-state index >= 15 is 0 Å². The van der Waals surface area contributed by atoms with Crippen LogP contribution in [0.3, 0.4) is 0 Å². The van der Waals surface area contributed by atoms with Crippen molar-refractivity contribution >= 4 is 16.9 Å². The first-order chi connectivity index (χ1) is 11.3. The number of hydrogen-bond donors (Lipinski definition) is 1. The maximum absolute atomic E-state index is 11.3. The molecular formula is C20H15FeNO2-6. The van der Waals surface area contributed by atoms with Crippen molar-refractivity contribution in [1.82, 2.24) is 4.98 Å². The van der Waals surface area contributed by atoms with Gasteiger partial charge in [0.05, 0.1) is 0 Å². The van der Waals surface area contributed by atoms with E-state index in [2.05, 4.69) is 4.98 Å². The van der Waals surface area contributed by atoms with Crippen molar-refractivity contribution < 1.29 is 27.0 Å². The summed E-state index contributed by atoms with van der Waals surface area (Å²) in [6.07, 6.45) is 0. The third kappa shape index (κ3) is 3.99. The number of hydrogen-bond acceptors (Lipinski definition) is 2. The number of fused-ring (bicyclic) bond motifs is 1. The van der Waals surface area contributed by atoms with Gasteiger partial charge in [0.1, 0.15) is 0 Å². The van der Waals surface area contributed by atoms with Crippen molar-refractivity contribution in [2.75, 3.05) is 0 Å². The monoisotopic (exact) mass is 357 g/mol. The Labute approximate surface area is 150 Å². The molecule has 0 amide bonds. The molecule has 3 aromatic carbocycles. The van der Waals surface area contributed by atoms with Gasteiger partial charge < -0.3 is 51.7 Å². The number of rotatable bonds is 2. The first-order valence-electron chi connectivity index (χ1n) is 7.27. The Bertz CT molecular complexity index is 879. The average molecular weight is 357 g/mol. The zero-order chi connectivity index (χ0) is 16.1. The molecule has 1 heterocycles. The van der Waals surface area contributed by atoms with Gasteiger partial charge >= 0.3 is 5.97 Å². The molecule has 0 aliphatic carbocycles. The predicted octanol–water partition coefficient (Wildman–Crippen LogP) is 4.72. The van der Waals surface area contributed by atoms with Crippen LogP contribution in [0.1, 0.15) is 10.4 Å². The van der Waals surface area contributed by atoms with Crippen LogP contribution in [0, 0.1) is 0 Å². The topological polar surface area (TPSA) is 50.2 Å². The Morgan fingerprint density at radius 1 is 1.04 bits per heavy atom. The van der Waals surface area contributed by atoms with E-state index in [1.807, 2.05) is 72.8 Å². The molecule has 126 valence electrons. The molecule has 0 saturated carbocycles. The first-order valence-corrected chi connectivity index (χ1v) is 7.27. The van der Waals surface area contributed by atoms with Crippen LogP contribution < -0.4 is 0 Å². The van der Waals surface area contributed by atoms with Gasteiger partial charge in [0.25, 0.3) is 0 Å². The van der Waals surface area contributed by atoms with Crippen molar-refractivity contribution in [3.8, 4) is 11.3 Å². The number of pyridine rings is 1. The number of aromatic nitrogens is 1. The largest absolute Gasteiger partial charge is 0.664 e. The molecule has 4 heteroatoms. The van der Waals surface area contributed by atoms with Gasteiger partial charge in [-0.2, -0.15) is 18.2 Å². The fourth-order valence-electron chi connectivity index (χ4n) is 2.37. The molecular weight excluding hydrogens is 342 g/mol. The predicted molar refractivity (Wildman–Crippen MR) is 91.8 cm³/mol. The maximum atomic E-state index is 11.3. The maximum Gasteiger partial charge on any atom is 0.308 e. The van der Waals surface area contributed by atoms with E-state index in [-0.39, 0.29) is 22.6 Å². The van der Waals surface area contributed by atoms with E-state index in [0.29, 0.717) is 16.6 Å². The van der Waals surface area contributed by atoms with Gasteiger partial charge in [-0.3, -0.25) is 0 Å². The second-order valence-electron chi connectivity index (χ2n) is 5.01. The number of para-hydroxylation sites is 1. The standard InChI is InChI=1S/C15H10NO2.C5H5.Fe/c17-15(18)12-9-14(10-5-1-2-6-10)16-13-8-4-3-7-11(12)13;1-2-4-5-3-1;/h1-9H,(H,17,18);1-5H;/q-5;-1;. The summed E-state index contributed by atoms with van der Waals surface area (Å²) in [7, 11) is 0. The second kappa shape index (κ2) is 8.25. The summed E-state index contributed by atoms with van der Waals surface area (Å²) in [5.74, 6) is -0.929. The van der Waals surface area contributed by atoms with Crippen LogP contribution in [0.4, 0.5) is 0 Å². The Balaban J connectivity index is 0.000000300. The van der Waals surface area contributed by atoms with Crippen LogP contribution in [-0.2, 0) is 17.1 Å². The molecule has 0 atom stereocenters. The minimum Gasteiger partial charge on any atom is -0.664 e. The summed E-state index contributed by atoms with van der Waals surface area (Å²) in [6.45, 7) is 0. The fourth-order valence-corrected chi connectivity index (χ4v) is 2.37. The molecule has 0 bridgehead atoms. The molecule has 4 rings (SSSR count). The van der Waals surface area contributed by atoms with E-state index < -0.39 is 5.97 Å². The third-order valence-electron chi connectivity index (χ3n) is 3.46. The summed E-state index contributed by atoms with van der Waals surface area (Å²) >= 11 is 0. The Kier molecular flexibility index (Phi) is 6.07. The van der Waals surface area contributed by atoms with Crippen molar-refractivity contribution in [1.29, 1.82) is 0 Å². The van der Waals surface area contributed by atoms with E-state index in [9.17, 15) is 9.90 Å². The molecule has 1 N–H and O–H groups in total. The van der Waals surface area contributed by atoms with Gasteiger partial charge in [0.2, 0.25) is 0 Å². The fraction of sp³-hybridized carbons (Fsp3) is 0. The van der Waals surface area contributed by atoms with Gasteiger partial charge in [-0.1, -0.05) is 23.8 Å². The zero-order valence-electron chi connectivity index (χ0n) is 12.7. The van der Waals surface area contributed by atoms with Crippen molar-refractivity contribution in [3.63, 3.8) is 0 Å². The molecule has 0 saturated heterocycles. The molecule has 0 aliphatic heterocycles. The van der Waals surface area contributed by atoms with Crippen LogP contribution in [0.15, 0.2) is 84.9 Å². The summed E-state index contributed by atoms with van der Waals surface area (Å²) < 4.78 is 0. The molecule has 1 aromatic heterocycles. The molecule has 24 heavy (non-hydrogen) atoms. The summed E-state index contributed by atoms with van der Waals surface area (Å²) in [5, 5.41) is 9.94. The minimum atomic E-state index is -0.929. The van der Waals surface area contributed by atoms with Crippen molar-refractivity contribution in [2.45, 2.75) is 0 Å². The van der Waals surface area contributed by atoms with E-state index in [1.165, 1.54) is 0 Å². The van der Waals surface area contributed by atoms with Crippen LogP contribution in [0.25, 0.3) is 22.2 Å². The number of nitrogens with zero attached hydrogens (tertiary/aromatic N) is 1. The Hall–Kier alpha value is -2.68. The summed E-state index contributed by atoms with van der Waals surface area (Å²) in [6, 6.07) is 26.6. The van der Waals surface area contributed by atoms with Gasteiger partial charge in [0.15, 0.2) is 0 Å². The van der Waals surface area contributed by atoms with Gasteiger partial charge in [0, 0.05) is 22.6 Å². The molecule has 3 nitrogen and oxygen atoms in total. The summed E-state index contributed by atoms with van der Waals surface area (Å²) in [5.41, 5.74) is 2.62. The molecule has 0 spiro atoms. The quantitative estimate of drug-likeness (QED) is 0.417. The molecule has 0 aliphatic rings. The molecule has 0 radical (unpaired) electrons. The van der Waals surface area contributed by atoms with Crippen LogP contribution in [0.5, 0.6) is 0 Å². The molecule has 4 aromatic rings. The third-order valence-corrected chi connectivity index (χ3v) is 3.46. The van der Waals surface area contributed by atoms with E-state index in [4.69, 9.17) is 0 Å². The van der Waals surface area contributed by atoms with Gasteiger partial charge in [-0.05, 0) is 11.5 Å². The van der Waals surface area contributed by atoms with Crippen molar-refractivity contribution in [2.24, 2.45) is 0 Å². The Morgan fingerprint density at radius 3 is 2.29 bits per heavy atom. The SMILES string of the molecule is O=C(O)c1cc(-[c-]2[cH-][cH-][cH-][cH-]2)nc2ccccc12.[Fe].c1cc[cH-]c1. The smallest absolute Gasteiger partial charge is 0.308 e. The van der Waals surface area contributed by atoms with Crippen molar-refractivity contribution in [3.05, 3.63) is 90.5 Å². The Morgan fingerprint density at radius 2 is 1.71 bits per heavy atom. The van der Waals surface area contributed by atoms with Gasteiger partial charge in [-0.15, -0.1) is 0 Å². The normalized spacial score (nSPS) is 9.67. The minimum absolute atomic E-state index is 0. The van der Waals surface area contributed by atoms with E-state index in [0.717, 1.165) is 5.56 Å². The number of aromatic carboxylic acids is 1. The first kappa shape index (κ1) is 17.7. The van der Waals surface area contributed by atoms with Crippen LogP contribution in [0.2, 0.25) is 0 Å². The number of carboxylic acid groups (broad SMARTS) is 1. The molecule has 0 unspecified atom stereocenters. The zero-order valence-corrected chi connectivity index (χ0v) is 13.8. The second-order valence-corrected chi connectivity index (χ2v) is 5.01. The number of benzene rings is 1.